The van der Waals surface area contributed by atoms with Crippen molar-refractivity contribution < 1.29 is 0 Å². The zero-order chi connectivity index (χ0) is 26.9. The molecule has 0 aromatic heterocycles. The minimum Gasteiger partial charge on any atom is -0.385 e. The molecule has 2 N–H and O–H groups in total. The molecule has 0 heterocycles. The fourth-order valence-corrected chi connectivity index (χ4v) is 7.25. The van der Waals surface area contributed by atoms with E-state index in [2.05, 4.69) is 69.5 Å². The average Bonchev–Trinajstić information content (AvgIpc) is 3.67. The van der Waals surface area contributed by atoms with Crippen molar-refractivity contribution in [2.75, 3.05) is 23.7 Å². The summed E-state index contributed by atoms with van der Waals surface area (Å²) < 4.78 is 0. The Bertz CT molecular complexity index is 878. The lowest BCUT2D eigenvalue weighted by Crippen LogP contribution is -2.12. The summed E-state index contributed by atoms with van der Waals surface area (Å²) in [7, 11) is 0. The summed E-state index contributed by atoms with van der Waals surface area (Å²) in [6.07, 6.45) is 18.5. The topological polar surface area (TPSA) is 24.1 Å². The highest BCUT2D eigenvalue weighted by Gasteiger charge is 2.19. The first-order chi connectivity index (χ1) is 18.6. The minimum atomic E-state index is 0.404. The molecule has 2 aliphatic rings. The molecule has 2 fully saturated rings. The van der Waals surface area contributed by atoms with Crippen LogP contribution in [0, 0.1) is 11.8 Å². The Balaban J connectivity index is 1.52. The SMILES string of the molecule is CCc1cc(C(C)c2cc(CC)c(NCCC3CCCC3)c(CC)c2)cc(CC)c1NCCC1CCCC1. The van der Waals surface area contributed by atoms with Crippen molar-refractivity contribution in [3.8, 4) is 0 Å². The number of anilines is 2. The standard InChI is InChI=1S/C36H56N2/c1-6-29-22-33(23-30(7-2)35(29)37-20-18-27-14-10-11-15-27)26(5)34-24-31(8-3)36(32(9-4)25-34)38-21-19-28-16-12-13-17-28/h22-28,37-38H,6-21H2,1-5H3. The van der Waals surface area contributed by atoms with Gasteiger partial charge in [0.15, 0.2) is 0 Å². The van der Waals surface area contributed by atoms with E-state index in [0.29, 0.717) is 5.92 Å². The van der Waals surface area contributed by atoms with E-state index >= 15 is 0 Å². The van der Waals surface area contributed by atoms with Crippen molar-refractivity contribution in [1.29, 1.82) is 0 Å². The quantitative estimate of drug-likeness (QED) is 0.261. The fourth-order valence-electron chi connectivity index (χ4n) is 7.25. The van der Waals surface area contributed by atoms with Crippen LogP contribution >= 0.6 is 0 Å². The Kier molecular flexibility index (Phi) is 11.0. The van der Waals surface area contributed by atoms with Crippen molar-refractivity contribution in [3.63, 3.8) is 0 Å². The van der Waals surface area contributed by atoms with Crippen LogP contribution in [0.5, 0.6) is 0 Å². The second kappa shape index (κ2) is 14.4. The molecule has 0 radical (unpaired) electrons. The van der Waals surface area contributed by atoms with Crippen molar-refractivity contribution in [2.45, 2.75) is 130 Å². The molecular formula is C36H56N2. The first kappa shape index (κ1) is 29.0. The van der Waals surface area contributed by atoms with E-state index < -0.39 is 0 Å². The molecule has 2 aromatic rings. The van der Waals surface area contributed by atoms with Crippen LogP contribution in [0.1, 0.15) is 138 Å². The predicted molar refractivity (Wildman–Crippen MR) is 168 cm³/mol. The van der Waals surface area contributed by atoms with E-state index in [1.54, 1.807) is 0 Å². The summed E-state index contributed by atoms with van der Waals surface area (Å²) in [5, 5.41) is 7.78. The second-order valence-electron chi connectivity index (χ2n) is 12.3. The van der Waals surface area contributed by atoms with Crippen molar-refractivity contribution in [2.24, 2.45) is 11.8 Å². The smallest absolute Gasteiger partial charge is 0.0405 e. The first-order valence-corrected chi connectivity index (χ1v) is 16.4. The predicted octanol–water partition coefficient (Wildman–Crippen LogP) is 10.1. The van der Waals surface area contributed by atoms with Gasteiger partial charge in [0.05, 0.1) is 0 Å². The summed E-state index contributed by atoms with van der Waals surface area (Å²) in [4.78, 5) is 0. The third kappa shape index (κ3) is 7.16. The molecule has 2 aromatic carbocycles. The van der Waals surface area contributed by atoms with Gasteiger partial charge in [-0.3, -0.25) is 0 Å². The second-order valence-corrected chi connectivity index (χ2v) is 12.3. The van der Waals surface area contributed by atoms with Gasteiger partial charge in [0.25, 0.3) is 0 Å². The molecule has 2 heteroatoms. The molecule has 2 nitrogen and oxygen atoms in total. The maximum atomic E-state index is 3.89. The van der Waals surface area contributed by atoms with E-state index in [9.17, 15) is 0 Å². The van der Waals surface area contributed by atoms with E-state index in [0.717, 1.165) is 50.6 Å². The van der Waals surface area contributed by atoms with Crippen LogP contribution < -0.4 is 10.6 Å². The Morgan fingerprint density at radius 1 is 0.579 bits per heavy atom. The van der Waals surface area contributed by atoms with Gasteiger partial charge in [-0.15, -0.1) is 0 Å². The van der Waals surface area contributed by atoms with Crippen LogP contribution in [0.3, 0.4) is 0 Å². The maximum absolute atomic E-state index is 3.89. The first-order valence-electron chi connectivity index (χ1n) is 16.4. The van der Waals surface area contributed by atoms with Gasteiger partial charge in [-0.2, -0.15) is 0 Å². The molecule has 210 valence electrons. The molecule has 0 amide bonds. The number of hydrogen-bond acceptors (Lipinski definition) is 2. The largest absolute Gasteiger partial charge is 0.385 e. The lowest BCUT2D eigenvalue weighted by atomic mass is 9.86. The van der Waals surface area contributed by atoms with Gasteiger partial charge < -0.3 is 10.6 Å². The highest BCUT2D eigenvalue weighted by atomic mass is 14.9. The van der Waals surface area contributed by atoms with Gasteiger partial charge in [0, 0.05) is 30.4 Å². The molecule has 4 rings (SSSR count). The number of benzene rings is 2. The Labute approximate surface area is 234 Å². The van der Waals surface area contributed by atoms with Gasteiger partial charge in [0.2, 0.25) is 0 Å². The zero-order valence-corrected chi connectivity index (χ0v) is 25.4. The van der Waals surface area contributed by atoms with Crippen molar-refractivity contribution in [1.82, 2.24) is 0 Å². The summed E-state index contributed by atoms with van der Waals surface area (Å²) in [6, 6.07) is 10.0. The van der Waals surface area contributed by atoms with E-state index in [1.807, 2.05) is 0 Å². The maximum Gasteiger partial charge on any atom is 0.0405 e. The lowest BCUT2D eigenvalue weighted by molar-refractivity contribution is 0.518. The summed E-state index contributed by atoms with van der Waals surface area (Å²) >= 11 is 0. The summed E-state index contributed by atoms with van der Waals surface area (Å²) in [5.41, 5.74) is 11.8. The highest BCUT2D eigenvalue weighted by Crippen LogP contribution is 2.36. The molecular weight excluding hydrogens is 460 g/mol. The van der Waals surface area contributed by atoms with Crippen LogP contribution in [0.4, 0.5) is 11.4 Å². The number of hydrogen-bond donors (Lipinski definition) is 2. The molecule has 0 saturated heterocycles. The zero-order valence-electron chi connectivity index (χ0n) is 25.4. The Hall–Kier alpha value is -1.96. The van der Waals surface area contributed by atoms with Crippen LogP contribution in [0.25, 0.3) is 0 Å². The van der Waals surface area contributed by atoms with Gasteiger partial charge in [-0.25, -0.2) is 0 Å². The molecule has 2 aliphatic carbocycles. The molecule has 0 aliphatic heterocycles. The van der Waals surface area contributed by atoms with Gasteiger partial charge in [-0.1, -0.05) is 110 Å². The van der Waals surface area contributed by atoms with Gasteiger partial charge in [0.1, 0.15) is 0 Å². The average molecular weight is 517 g/mol. The van der Waals surface area contributed by atoms with Crippen molar-refractivity contribution >= 4 is 11.4 Å². The van der Waals surface area contributed by atoms with Crippen molar-refractivity contribution in [3.05, 3.63) is 57.6 Å². The Morgan fingerprint density at radius 2 is 0.895 bits per heavy atom. The minimum absolute atomic E-state index is 0.404. The molecule has 0 spiro atoms. The van der Waals surface area contributed by atoms with Gasteiger partial charge >= 0.3 is 0 Å². The molecule has 2 saturated carbocycles. The third-order valence-electron chi connectivity index (χ3n) is 9.83. The van der Waals surface area contributed by atoms with E-state index in [1.165, 1.54) is 109 Å². The van der Waals surface area contributed by atoms with Crippen LogP contribution in [-0.2, 0) is 25.7 Å². The van der Waals surface area contributed by atoms with Gasteiger partial charge in [-0.05, 0) is 83.7 Å². The monoisotopic (exact) mass is 516 g/mol. The number of aryl methyl sites for hydroxylation is 4. The van der Waals surface area contributed by atoms with Crippen LogP contribution in [-0.4, -0.2) is 13.1 Å². The molecule has 0 unspecified atom stereocenters. The molecule has 38 heavy (non-hydrogen) atoms. The number of rotatable bonds is 14. The Morgan fingerprint density at radius 3 is 1.18 bits per heavy atom. The molecule has 0 atom stereocenters. The molecule has 0 bridgehead atoms. The highest BCUT2D eigenvalue weighted by molar-refractivity contribution is 5.63. The normalized spacial score (nSPS) is 16.6. The summed E-state index contributed by atoms with van der Waals surface area (Å²) in [5.74, 6) is 2.29. The van der Waals surface area contributed by atoms with Crippen LogP contribution in [0.15, 0.2) is 24.3 Å². The number of nitrogens with one attached hydrogen (secondary N) is 2. The summed E-state index contributed by atoms with van der Waals surface area (Å²) in [6.45, 7) is 13.9. The lowest BCUT2D eigenvalue weighted by Gasteiger charge is -2.23. The van der Waals surface area contributed by atoms with Crippen LogP contribution in [0.2, 0.25) is 0 Å². The van der Waals surface area contributed by atoms with E-state index in [-0.39, 0.29) is 0 Å². The third-order valence-corrected chi connectivity index (χ3v) is 9.83. The van der Waals surface area contributed by atoms with E-state index in [4.69, 9.17) is 0 Å². The fraction of sp³-hybridized carbons (Fsp3) is 0.667.